The third kappa shape index (κ3) is 3.49. The van der Waals surface area contributed by atoms with Crippen LogP contribution in [0.15, 0.2) is 24.3 Å². The highest BCUT2D eigenvalue weighted by Gasteiger charge is 2.34. The SMILES string of the molecule is CC(Oc1ccc(C#N)cc1)C(=O)NCC1(C)COC1. The number of nitriles is 1. The van der Waals surface area contributed by atoms with E-state index < -0.39 is 6.10 Å². The third-order valence-corrected chi connectivity index (χ3v) is 3.26. The number of carbonyl (C=O) groups is 1. The van der Waals surface area contributed by atoms with E-state index >= 15 is 0 Å². The number of amides is 1. The molecule has 1 saturated heterocycles. The molecule has 1 aromatic rings. The van der Waals surface area contributed by atoms with Gasteiger partial charge in [0, 0.05) is 12.0 Å². The Morgan fingerprint density at radius 1 is 1.50 bits per heavy atom. The number of ether oxygens (including phenoxy) is 2. The average molecular weight is 274 g/mol. The van der Waals surface area contributed by atoms with Crippen molar-refractivity contribution >= 4 is 5.91 Å². The Labute approximate surface area is 118 Å². The number of carbonyl (C=O) groups excluding carboxylic acids is 1. The molecule has 20 heavy (non-hydrogen) atoms. The third-order valence-electron chi connectivity index (χ3n) is 3.26. The van der Waals surface area contributed by atoms with E-state index in [-0.39, 0.29) is 11.3 Å². The molecule has 1 fully saturated rings. The number of nitrogens with zero attached hydrogens (tertiary/aromatic N) is 1. The lowest BCUT2D eigenvalue weighted by Crippen LogP contribution is -2.50. The van der Waals surface area contributed by atoms with Crippen LogP contribution in [0.3, 0.4) is 0 Å². The zero-order valence-electron chi connectivity index (χ0n) is 11.7. The van der Waals surface area contributed by atoms with Crippen LogP contribution in [0.5, 0.6) is 5.75 Å². The summed E-state index contributed by atoms with van der Waals surface area (Å²) in [5, 5.41) is 11.6. The fraction of sp³-hybridized carbons (Fsp3) is 0.467. The Morgan fingerprint density at radius 2 is 2.15 bits per heavy atom. The van der Waals surface area contributed by atoms with Gasteiger partial charge in [0.15, 0.2) is 6.10 Å². The minimum atomic E-state index is -0.576. The summed E-state index contributed by atoms with van der Waals surface area (Å²) in [4.78, 5) is 11.9. The van der Waals surface area contributed by atoms with Gasteiger partial charge < -0.3 is 14.8 Å². The lowest BCUT2D eigenvalue weighted by Gasteiger charge is -2.38. The molecule has 0 aliphatic carbocycles. The highest BCUT2D eigenvalue weighted by molar-refractivity contribution is 5.80. The van der Waals surface area contributed by atoms with Crippen LogP contribution in [-0.2, 0) is 9.53 Å². The van der Waals surface area contributed by atoms with Crippen molar-refractivity contribution in [3.63, 3.8) is 0 Å². The smallest absolute Gasteiger partial charge is 0.260 e. The van der Waals surface area contributed by atoms with Crippen LogP contribution in [0.4, 0.5) is 0 Å². The van der Waals surface area contributed by atoms with E-state index in [0.29, 0.717) is 31.1 Å². The Morgan fingerprint density at radius 3 is 2.65 bits per heavy atom. The number of nitrogens with one attached hydrogen (secondary N) is 1. The molecule has 0 radical (unpaired) electrons. The van der Waals surface area contributed by atoms with E-state index in [1.807, 2.05) is 6.07 Å². The molecule has 0 saturated carbocycles. The van der Waals surface area contributed by atoms with Crippen LogP contribution in [0.25, 0.3) is 0 Å². The van der Waals surface area contributed by atoms with Gasteiger partial charge in [-0.1, -0.05) is 6.92 Å². The first-order valence-electron chi connectivity index (χ1n) is 6.55. The highest BCUT2D eigenvalue weighted by Crippen LogP contribution is 2.25. The standard InChI is InChI=1S/C15H18N2O3/c1-11(14(18)17-8-15(2)9-19-10-15)20-13-5-3-12(7-16)4-6-13/h3-6,11H,8-10H2,1-2H3,(H,17,18). The van der Waals surface area contributed by atoms with Gasteiger partial charge in [-0.15, -0.1) is 0 Å². The summed E-state index contributed by atoms with van der Waals surface area (Å²) in [6.45, 7) is 5.72. The number of hydrogen-bond donors (Lipinski definition) is 1. The highest BCUT2D eigenvalue weighted by atomic mass is 16.5. The zero-order valence-corrected chi connectivity index (χ0v) is 11.7. The van der Waals surface area contributed by atoms with E-state index in [1.165, 1.54) is 0 Å². The molecule has 1 N–H and O–H groups in total. The Bertz CT molecular complexity index is 515. The van der Waals surface area contributed by atoms with E-state index in [4.69, 9.17) is 14.7 Å². The van der Waals surface area contributed by atoms with Crippen molar-refractivity contribution in [2.75, 3.05) is 19.8 Å². The van der Waals surface area contributed by atoms with Crippen LogP contribution in [-0.4, -0.2) is 31.8 Å². The molecule has 5 nitrogen and oxygen atoms in total. The van der Waals surface area contributed by atoms with E-state index in [9.17, 15) is 4.79 Å². The van der Waals surface area contributed by atoms with Crippen LogP contribution in [0.1, 0.15) is 19.4 Å². The maximum atomic E-state index is 11.9. The number of benzene rings is 1. The van der Waals surface area contributed by atoms with Gasteiger partial charge in [0.1, 0.15) is 5.75 Å². The van der Waals surface area contributed by atoms with Crippen LogP contribution in [0.2, 0.25) is 0 Å². The molecular weight excluding hydrogens is 256 g/mol. The first-order chi connectivity index (χ1) is 9.52. The molecule has 106 valence electrons. The van der Waals surface area contributed by atoms with Gasteiger partial charge in [0.25, 0.3) is 5.91 Å². The molecule has 0 aromatic heterocycles. The van der Waals surface area contributed by atoms with Gasteiger partial charge in [-0.2, -0.15) is 5.26 Å². The maximum Gasteiger partial charge on any atom is 0.260 e. The largest absolute Gasteiger partial charge is 0.481 e. The summed E-state index contributed by atoms with van der Waals surface area (Å²) < 4.78 is 10.7. The summed E-state index contributed by atoms with van der Waals surface area (Å²) in [5.41, 5.74) is 0.608. The van der Waals surface area contributed by atoms with Crippen molar-refractivity contribution in [3.8, 4) is 11.8 Å². The van der Waals surface area contributed by atoms with Gasteiger partial charge in [-0.05, 0) is 31.2 Å². The quantitative estimate of drug-likeness (QED) is 0.882. The minimum Gasteiger partial charge on any atom is -0.481 e. The fourth-order valence-electron chi connectivity index (χ4n) is 1.86. The van der Waals surface area contributed by atoms with E-state index in [1.54, 1.807) is 31.2 Å². The van der Waals surface area contributed by atoms with Gasteiger partial charge in [0.2, 0.25) is 0 Å². The second-order valence-electron chi connectivity index (χ2n) is 5.42. The van der Waals surface area contributed by atoms with Gasteiger partial charge in [-0.25, -0.2) is 0 Å². The monoisotopic (exact) mass is 274 g/mol. The van der Waals surface area contributed by atoms with Crippen LogP contribution >= 0.6 is 0 Å². The molecular formula is C15H18N2O3. The van der Waals surface area contributed by atoms with Crippen molar-refractivity contribution in [1.82, 2.24) is 5.32 Å². The normalized spacial score (nSPS) is 17.4. The molecule has 1 amide bonds. The molecule has 5 heteroatoms. The summed E-state index contributed by atoms with van der Waals surface area (Å²) >= 11 is 0. The van der Waals surface area contributed by atoms with E-state index in [0.717, 1.165) is 0 Å². The predicted molar refractivity (Wildman–Crippen MR) is 73.2 cm³/mol. The average Bonchev–Trinajstić information content (AvgIpc) is 2.43. The predicted octanol–water partition coefficient (Wildman–Crippen LogP) is 1.48. The summed E-state index contributed by atoms with van der Waals surface area (Å²) in [5.74, 6) is 0.423. The Hall–Kier alpha value is -2.06. The van der Waals surface area contributed by atoms with Crippen LogP contribution in [0, 0.1) is 16.7 Å². The van der Waals surface area contributed by atoms with Crippen molar-refractivity contribution < 1.29 is 14.3 Å². The molecule has 1 aliphatic heterocycles. The van der Waals surface area contributed by atoms with Crippen molar-refractivity contribution in [3.05, 3.63) is 29.8 Å². The molecule has 1 aromatic carbocycles. The van der Waals surface area contributed by atoms with E-state index in [2.05, 4.69) is 12.2 Å². The first-order valence-corrected chi connectivity index (χ1v) is 6.55. The Balaban J connectivity index is 1.82. The first kappa shape index (κ1) is 14.4. The molecule has 1 unspecified atom stereocenters. The molecule has 0 spiro atoms. The molecule has 1 atom stereocenters. The van der Waals surface area contributed by atoms with Crippen molar-refractivity contribution in [2.45, 2.75) is 20.0 Å². The summed E-state index contributed by atoms with van der Waals surface area (Å²) in [6.07, 6.45) is -0.576. The lowest BCUT2D eigenvalue weighted by molar-refractivity contribution is -0.132. The van der Waals surface area contributed by atoms with Crippen LogP contribution < -0.4 is 10.1 Å². The van der Waals surface area contributed by atoms with Gasteiger partial charge >= 0.3 is 0 Å². The topological polar surface area (TPSA) is 71.3 Å². The molecule has 1 aliphatic rings. The molecule has 0 bridgehead atoms. The molecule has 1 heterocycles. The minimum absolute atomic E-state index is 0.0455. The summed E-state index contributed by atoms with van der Waals surface area (Å²) in [7, 11) is 0. The second kappa shape index (κ2) is 5.93. The molecule has 2 rings (SSSR count). The number of hydrogen-bond acceptors (Lipinski definition) is 4. The number of rotatable bonds is 5. The maximum absolute atomic E-state index is 11.9. The zero-order chi connectivity index (χ0) is 14.6. The summed E-state index contributed by atoms with van der Waals surface area (Å²) in [6, 6.07) is 8.72. The van der Waals surface area contributed by atoms with Gasteiger partial charge in [0.05, 0.1) is 24.8 Å². The fourth-order valence-corrected chi connectivity index (χ4v) is 1.86. The Kier molecular flexibility index (Phi) is 4.26. The van der Waals surface area contributed by atoms with Gasteiger partial charge in [-0.3, -0.25) is 4.79 Å². The van der Waals surface area contributed by atoms with Crippen molar-refractivity contribution in [2.24, 2.45) is 5.41 Å². The van der Waals surface area contributed by atoms with Crippen molar-refractivity contribution in [1.29, 1.82) is 5.26 Å². The second-order valence-corrected chi connectivity index (χ2v) is 5.42. The lowest BCUT2D eigenvalue weighted by atomic mass is 9.89.